The monoisotopic (exact) mass is 161 g/mol. The van der Waals surface area contributed by atoms with Gasteiger partial charge in [-0.25, -0.2) is 9.97 Å². The van der Waals surface area contributed by atoms with Crippen LogP contribution in [-0.4, -0.2) is 9.97 Å². The third-order valence-corrected chi connectivity index (χ3v) is 2.13. The van der Waals surface area contributed by atoms with Crippen molar-refractivity contribution in [3.63, 3.8) is 0 Å². The summed E-state index contributed by atoms with van der Waals surface area (Å²) in [6.07, 6.45) is 1.66. The van der Waals surface area contributed by atoms with Gasteiger partial charge in [0.05, 0.1) is 0 Å². The van der Waals surface area contributed by atoms with Gasteiger partial charge in [-0.3, -0.25) is 0 Å². The van der Waals surface area contributed by atoms with Crippen LogP contribution in [0.3, 0.4) is 0 Å². The minimum absolute atomic E-state index is 0.236. The Balaban J connectivity index is 2.79. The topological polar surface area (TPSA) is 49.6 Å². The maximum absolute atomic E-state index is 8.46. The van der Waals surface area contributed by atoms with Gasteiger partial charge >= 0.3 is 0 Å². The lowest BCUT2D eigenvalue weighted by Crippen LogP contribution is -1.84. The first-order chi connectivity index (χ1) is 5.40. The molecule has 0 aliphatic rings. The zero-order chi connectivity index (χ0) is 7.68. The SMILES string of the molecule is N#Cc1ncc2ccsc2n1. The quantitative estimate of drug-likeness (QED) is 0.589. The van der Waals surface area contributed by atoms with E-state index in [4.69, 9.17) is 5.26 Å². The molecule has 0 aromatic carbocycles. The summed E-state index contributed by atoms with van der Waals surface area (Å²) in [5.41, 5.74) is 0. The Bertz CT molecular complexity index is 426. The molecule has 0 unspecified atom stereocenters. The Morgan fingerprint density at radius 2 is 2.45 bits per heavy atom. The number of hydrogen-bond acceptors (Lipinski definition) is 4. The van der Waals surface area contributed by atoms with E-state index < -0.39 is 0 Å². The van der Waals surface area contributed by atoms with Crippen molar-refractivity contribution in [2.75, 3.05) is 0 Å². The van der Waals surface area contributed by atoms with Crippen LogP contribution in [-0.2, 0) is 0 Å². The molecule has 0 fully saturated rings. The molecule has 2 rings (SSSR count). The van der Waals surface area contributed by atoms with Crippen LogP contribution in [0, 0.1) is 11.3 Å². The molecule has 0 amide bonds. The molecule has 0 radical (unpaired) electrons. The van der Waals surface area contributed by atoms with Crippen molar-refractivity contribution in [2.45, 2.75) is 0 Å². The van der Waals surface area contributed by atoms with Crippen LogP contribution in [0.4, 0.5) is 0 Å². The predicted octanol–water partition coefficient (Wildman–Crippen LogP) is 1.56. The Labute approximate surface area is 67.0 Å². The fraction of sp³-hybridized carbons (Fsp3) is 0. The molecular weight excluding hydrogens is 158 g/mol. The lowest BCUT2D eigenvalue weighted by atomic mass is 10.4. The fourth-order valence-electron chi connectivity index (χ4n) is 0.810. The van der Waals surface area contributed by atoms with Crippen LogP contribution >= 0.6 is 11.3 Å². The lowest BCUT2D eigenvalue weighted by Gasteiger charge is -1.86. The lowest BCUT2D eigenvalue weighted by molar-refractivity contribution is 1.17. The van der Waals surface area contributed by atoms with Gasteiger partial charge in [-0.1, -0.05) is 0 Å². The zero-order valence-corrected chi connectivity index (χ0v) is 6.30. The fourth-order valence-corrected chi connectivity index (χ4v) is 1.55. The molecule has 52 valence electrons. The number of nitriles is 1. The molecule has 0 N–H and O–H groups in total. The molecular formula is C7H3N3S. The van der Waals surface area contributed by atoms with Gasteiger partial charge in [0.2, 0.25) is 5.82 Å². The summed E-state index contributed by atoms with van der Waals surface area (Å²) in [5, 5.41) is 11.4. The molecule has 11 heavy (non-hydrogen) atoms. The third-order valence-electron chi connectivity index (χ3n) is 1.31. The Hall–Kier alpha value is -1.47. The van der Waals surface area contributed by atoms with E-state index in [-0.39, 0.29) is 5.82 Å². The number of thiophene rings is 1. The number of nitrogens with zero attached hydrogens (tertiary/aromatic N) is 3. The van der Waals surface area contributed by atoms with Crippen molar-refractivity contribution in [1.82, 2.24) is 9.97 Å². The van der Waals surface area contributed by atoms with Crippen molar-refractivity contribution in [1.29, 1.82) is 5.26 Å². The normalized spacial score (nSPS) is 9.73. The molecule has 4 heteroatoms. The van der Waals surface area contributed by atoms with Crippen molar-refractivity contribution in [2.24, 2.45) is 0 Å². The first-order valence-electron chi connectivity index (χ1n) is 3.00. The van der Waals surface area contributed by atoms with Gasteiger partial charge in [0.15, 0.2) is 0 Å². The molecule has 2 aromatic heterocycles. The van der Waals surface area contributed by atoms with E-state index in [9.17, 15) is 0 Å². The molecule has 3 nitrogen and oxygen atoms in total. The predicted molar refractivity (Wildman–Crippen MR) is 42.1 cm³/mol. The molecule has 0 aliphatic carbocycles. The Kier molecular flexibility index (Phi) is 1.30. The second kappa shape index (κ2) is 2.29. The second-order valence-corrected chi connectivity index (χ2v) is 2.88. The van der Waals surface area contributed by atoms with Crippen molar-refractivity contribution < 1.29 is 0 Å². The van der Waals surface area contributed by atoms with E-state index in [1.807, 2.05) is 17.5 Å². The Morgan fingerprint density at radius 1 is 1.55 bits per heavy atom. The summed E-state index contributed by atoms with van der Waals surface area (Å²) in [4.78, 5) is 8.70. The van der Waals surface area contributed by atoms with E-state index in [0.29, 0.717) is 0 Å². The van der Waals surface area contributed by atoms with Crippen molar-refractivity contribution >= 4 is 21.6 Å². The van der Waals surface area contributed by atoms with E-state index in [1.54, 1.807) is 6.20 Å². The first kappa shape index (κ1) is 6.25. The summed E-state index contributed by atoms with van der Waals surface area (Å²) >= 11 is 1.51. The standard InChI is InChI=1S/C7H3N3S/c8-3-6-9-4-5-1-2-11-7(5)10-6/h1-2,4H. The van der Waals surface area contributed by atoms with E-state index in [2.05, 4.69) is 9.97 Å². The largest absolute Gasteiger partial charge is 0.233 e. The average Bonchev–Trinajstić information content (AvgIpc) is 2.50. The molecule has 2 aromatic rings. The number of fused-ring (bicyclic) bond motifs is 1. The number of aromatic nitrogens is 2. The summed E-state index contributed by atoms with van der Waals surface area (Å²) < 4.78 is 0. The minimum atomic E-state index is 0.236. The zero-order valence-electron chi connectivity index (χ0n) is 5.48. The first-order valence-corrected chi connectivity index (χ1v) is 3.88. The second-order valence-electron chi connectivity index (χ2n) is 1.99. The molecule has 0 spiro atoms. The van der Waals surface area contributed by atoms with Crippen LogP contribution in [0.25, 0.3) is 10.2 Å². The summed E-state index contributed by atoms with van der Waals surface area (Å²) in [7, 11) is 0. The van der Waals surface area contributed by atoms with E-state index >= 15 is 0 Å². The third kappa shape index (κ3) is 0.954. The number of hydrogen-bond donors (Lipinski definition) is 0. The van der Waals surface area contributed by atoms with Crippen LogP contribution in [0.2, 0.25) is 0 Å². The van der Waals surface area contributed by atoms with Crippen molar-refractivity contribution in [3.05, 3.63) is 23.5 Å². The number of rotatable bonds is 0. The minimum Gasteiger partial charge on any atom is -0.227 e. The van der Waals surface area contributed by atoms with Gasteiger partial charge in [0.25, 0.3) is 0 Å². The van der Waals surface area contributed by atoms with Gasteiger partial charge in [0.1, 0.15) is 10.9 Å². The highest BCUT2D eigenvalue weighted by atomic mass is 32.1. The van der Waals surface area contributed by atoms with Gasteiger partial charge in [-0.05, 0) is 11.4 Å². The van der Waals surface area contributed by atoms with Crippen LogP contribution in [0.15, 0.2) is 17.6 Å². The van der Waals surface area contributed by atoms with Crippen molar-refractivity contribution in [3.8, 4) is 6.07 Å². The maximum Gasteiger partial charge on any atom is 0.233 e. The van der Waals surface area contributed by atoms with Gasteiger partial charge in [-0.2, -0.15) is 5.26 Å². The van der Waals surface area contributed by atoms with Gasteiger partial charge < -0.3 is 0 Å². The molecule has 0 atom stereocenters. The summed E-state index contributed by atoms with van der Waals surface area (Å²) in [6.45, 7) is 0. The van der Waals surface area contributed by atoms with Gasteiger partial charge in [-0.15, -0.1) is 11.3 Å². The summed E-state index contributed by atoms with van der Waals surface area (Å²) in [5.74, 6) is 0.236. The van der Waals surface area contributed by atoms with E-state index in [0.717, 1.165) is 10.2 Å². The molecule has 0 saturated heterocycles. The average molecular weight is 161 g/mol. The van der Waals surface area contributed by atoms with E-state index in [1.165, 1.54) is 11.3 Å². The Morgan fingerprint density at radius 3 is 3.27 bits per heavy atom. The summed E-state index contributed by atoms with van der Waals surface area (Å²) in [6, 6.07) is 3.83. The molecule has 2 heterocycles. The van der Waals surface area contributed by atoms with Gasteiger partial charge in [0, 0.05) is 11.6 Å². The van der Waals surface area contributed by atoms with Crippen LogP contribution in [0.5, 0.6) is 0 Å². The molecule has 0 saturated carbocycles. The highest BCUT2D eigenvalue weighted by Crippen LogP contribution is 2.16. The van der Waals surface area contributed by atoms with Crippen LogP contribution in [0.1, 0.15) is 5.82 Å². The highest BCUT2D eigenvalue weighted by Gasteiger charge is 1.97. The molecule has 0 aliphatic heterocycles. The highest BCUT2D eigenvalue weighted by molar-refractivity contribution is 7.16. The maximum atomic E-state index is 8.46. The van der Waals surface area contributed by atoms with Crippen LogP contribution < -0.4 is 0 Å². The molecule has 0 bridgehead atoms. The smallest absolute Gasteiger partial charge is 0.227 e.